The van der Waals surface area contributed by atoms with Gasteiger partial charge in [-0.2, -0.15) is 0 Å². The van der Waals surface area contributed by atoms with Gasteiger partial charge >= 0.3 is 0 Å². The molecule has 0 bridgehead atoms. The standard InChI is InChI=1S/C13H19Cl2NO4/c14-10-1-2-13(12(15)7-10)20-9-11(19)8-16(3-5-17)4-6-18/h1-2,7,11,17-19H,3-6,8-9H2/p+1/t11-/m1/s1. The lowest BCUT2D eigenvalue weighted by atomic mass is 10.3. The fourth-order valence-electron chi connectivity index (χ4n) is 1.82. The minimum Gasteiger partial charge on any atom is -0.489 e. The van der Waals surface area contributed by atoms with Crippen LogP contribution in [0.4, 0.5) is 0 Å². The Morgan fingerprint density at radius 1 is 1.15 bits per heavy atom. The van der Waals surface area contributed by atoms with Crippen LogP contribution in [0.1, 0.15) is 0 Å². The molecule has 0 heterocycles. The van der Waals surface area contributed by atoms with Crippen LogP contribution in [-0.2, 0) is 0 Å². The first-order valence-electron chi connectivity index (χ1n) is 6.38. The van der Waals surface area contributed by atoms with Crippen LogP contribution < -0.4 is 9.64 Å². The first kappa shape index (κ1) is 17.5. The van der Waals surface area contributed by atoms with Crippen LogP contribution >= 0.6 is 23.2 Å². The fourth-order valence-corrected chi connectivity index (χ4v) is 2.28. The summed E-state index contributed by atoms with van der Waals surface area (Å²) in [5.41, 5.74) is 0. The van der Waals surface area contributed by atoms with E-state index in [9.17, 15) is 5.11 Å². The molecule has 0 aliphatic rings. The lowest BCUT2D eigenvalue weighted by molar-refractivity contribution is -0.903. The summed E-state index contributed by atoms with van der Waals surface area (Å²) >= 11 is 11.7. The number of benzene rings is 1. The number of aliphatic hydroxyl groups is 3. The van der Waals surface area contributed by atoms with Gasteiger partial charge in [-0.15, -0.1) is 0 Å². The topological polar surface area (TPSA) is 74.4 Å². The summed E-state index contributed by atoms with van der Waals surface area (Å²) in [4.78, 5) is 0.910. The molecule has 114 valence electrons. The van der Waals surface area contributed by atoms with Gasteiger partial charge in [0.2, 0.25) is 0 Å². The predicted octanol–water partition coefficient (Wildman–Crippen LogP) is -0.397. The Morgan fingerprint density at radius 2 is 1.80 bits per heavy atom. The minimum absolute atomic E-state index is 0.00588. The number of halogens is 2. The van der Waals surface area contributed by atoms with E-state index in [2.05, 4.69) is 0 Å². The second-order valence-corrected chi connectivity index (χ2v) is 5.28. The van der Waals surface area contributed by atoms with Crippen molar-refractivity contribution in [2.75, 3.05) is 39.5 Å². The zero-order chi connectivity index (χ0) is 15.0. The fraction of sp³-hybridized carbons (Fsp3) is 0.538. The van der Waals surface area contributed by atoms with Gasteiger partial charge in [0.15, 0.2) is 0 Å². The average Bonchev–Trinajstić information content (AvgIpc) is 2.38. The van der Waals surface area contributed by atoms with Gasteiger partial charge in [0.1, 0.15) is 38.1 Å². The summed E-state index contributed by atoms with van der Waals surface area (Å²) in [7, 11) is 0. The van der Waals surface area contributed by atoms with Gasteiger partial charge in [-0.3, -0.25) is 0 Å². The molecule has 20 heavy (non-hydrogen) atoms. The van der Waals surface area contributed by atoms with Gasteiger partial charge in [-0.05, 0) is 18.2 Å². The average molecular weight is 325 g/mol. The number of rotatable bonds is 9. The second kappa shape index (κ2) is 9.39. The molecule has 5 nitrogen and oxygen atoms in total. The summed E-state index contributed by atoms with van der Waals surface area (Å²) in [5, 5.41) is 28.6. The molecule has 1 rings (SSSR count). The van der Waals surface area contributed by atoms with Crippen molar-refractivity contribution < 1.29 is 25.0 Å². The third-order valence-electron chi connectivity index (χ3n) is 2.78. The molecule has 7 heteroatoms. The van der Waals surface area contributed by atoms with Gasteiger partial charge in [0.25, 0.3) is 0 Å². The summed E-state index contributed by atoms with van der Waals surface area (Å²) in [6, 6.07) is 4.87. The second-order valence-electron chi connectivity index (χ2n) is 4.44. The van der Waals surface area contributed by atoms with Crippen LogP contribution in [0, 0.1) is 0 Å². The number of nitrogens with one attached hydrogen (secondary N) is 1. The lowest BCUT2D eigenvalue weighted by Crippen LogP contribution is -3.14. The molecule has 1 aromatic rings. The normalized spacial score (nSPS) is 12.7. The lowest BCUT2D eigenvalue weighted by Gasteiger charge is -2.21. The Labute approximate surface area is 128 Å². The van der Waals surface area contributed by atoms with Crippen molar-refractivity contribution in [3.05, 3.63) is 28.2 Å². The number of quaternary nitrogens is 1. The van der Waals surface area contributed by atoms with Crippen LogP contribution in [0.2, 0.25) is 10.0 Å². The Hall–Kier alpha value is -0.560. The number of ether oxygens (including phenoxy) is 1. The highest BCUT2D eigenvalue weighted by Gasteiger charge is 2.15. The van der Waals surface area contributed by atoms with E-state index in [0.29, 0.717) is 35.4 Å². The Kier molecular flexibility index (Phi) is 8.21. The van der Waals surface area contributed by atoms with E-state index in [-0.39, 0.29) is 19.8 Å². The molecule has 0 unspecified atom stereocenters. The zero-order valence-electron chi connectivity index (χ0n) is 11.1. The molecular weight excluding hydrogens is 305 g/mol. The zero-order valence-corrected chi connectivity index (χ0v) is 12.6. The van der Waals surface area contributed by atoms with E-state index in [4.69, 9.17) is 38.2 Å². The summed E-state index contributed by atoms with van der Waals surface area (Å²) in [6.07, 6.45) is -0.713. The highest BCUT2D eigenvalue weighted by Crippen LogP contribution is 2.27. The Morgan fingerprint density at radius 3 is 2.35 bits per heavy atom. The quantitative estimate of drug-likeness (QED) is 0.499. The highest BCUT2D eigenvalue weighted by atomic mass is 35.5. The van der Waals surface area contributed by atoms with Gasteiger partial charge in [-0.25, -0.2) is 0 Å². The van der Waals surface area contributed by atoms with Crippen LogP contribution in [0.15, 0.2) is 18.2 Å². The highest BCUT2D eigenvalue weighted by molar-refractivity contribution is 6.35. The van der Waals surface area contributed by atoms with Crippen LogP contribution in [-0.4, -0.2) is 60.9 Å². The summed E-state index contributed by atoms with van der Waals surface area (Å²) < 4.78 is 5.43. The molecule has 0 saturated heterocycles. The molecule has 0 aliphatic carbocycles. The molecule has 0 fully saturated rings. The smallest absolute Gasteiger partial charge is 0.138 e. The maximum absolute atomic E-state index is 9.90. The largest absolute Gasteiger partial charge is 0.489 e. The third-order valence-corrected chi connectivity index (χ3v) is 3.31. The molecule has 0 aliphatic heterocycles. The maximum Gasteiger partial charge on any atom is 0.138 e. The van der Waals surface area contributed by atoms with Crippen molar-refractivity contribution in [2.45, 2.75) is 6.10 Å². The molecule has 4 N–H and O–H groups in total. The van der Waals surface area contributed by atoms with E-state index in [1.54, 1.807) is 18.2 Å². The van der Waals surface area contributed by atoms with Gasteiger partial charge in [0, 0.05) is 5.02 Å². The van der Waals surface area contributed by atoms with Crippen molar-refractivity contribution in [3.8, 4) is 5.75 Å². The van der Waals surface area contributed by atoms with Crippen molar-refractivity contribution in [1.29, 1.82) is 0 Å². The van der Waals surface area contributed by atoms with E-state index in [1.165, 1.54) is 0 Å². The number of hydrogen-bond acceptors (Lipinski definition) is 4. The van der Waals surface area contributed by atoms with Gasteiger partial charge in [0.05, 0.1) is 18.2 Å². The summed E-state index contributed by atoms with van der Waals surface area (Å²) in [6.45, 7) is 1.42. The molecular formula is C13H20Cl2NO4+. The Bertz CT molecular complexity index is 400. The third kappa shape index (κ3) is 6.26. The van der Waals surface area contributed by atoms with Crippen LogP contribution in [0.25, 0.3) is 0 Å². The molecule has 0 aromatic heterocycles. The number of aliphatic hydroxyl groups excluding tert-OH is 3. The maximum atomic E-state index is 9.90. The van der Waals surface area contributed by atoms with E-state index in [0.717, 1.165) is 4.90 Å². The first-order chi connectivity index (χ1) is 9.56. The van der Waals surface area contributed by atoms with Gasteiger partial charge < -0.3 is 25.0 Å². The Balaban J connectivity index is 2.43. The molecule has 1 atom stereocenters. The van der Waals surface area contributed by atoms with Gasteiger partial charge in [-0.1, -0.05) is 23.2 Å². The van der Waals surface area contributed by atoms with Crippen LogP contribution in [0.5, 0.6) is 5.75 Å². The van der Waals surface area contributed by atoms with Crippen molar-refractivity contribution in [2.24, 2.45) is 0 Å². The van der Waals surface area contributed by atoms with Crippen molar-refractivity contribution >= 4 is 23.2 Å². The van der Waals surface area contributed by atoms with Crippen molar-refractivity contribution in [3.63, 3.8) is 0 Å². The predicted molar refractivity (Wildman–Crippen MR) is 77.7 cm³/mol. The molecule has 0 saturated carbocycles. The van der Waals surface area contributed by atoms with Crippen LogP contribution in [0.3, 0.4) is 0 Å². The molecule has 0 radical (unpaired) electrons. The van der Waals surface area contributed by atoms with E-state index in [1.807, 2.05) is 0 Å². The van der Waals surface area contributed by atoms with E-state index < -0.39 is 6.10 Å². The monoisotopic (exact) mass is 324 g/mol. The van der Waals surface area contributed by atoms with Crippen molar-refractivity contribution in [1.82, 2.24) is 0 Å². The number of hydrogen-bond donors (Lipinski definition) is 4. The molecule has 1 aromatic carbocycles. The molecule has 0 amide bonds. The minimum atomic E-state index is -0.713. The van der Waals surface area contributed by atoms with E-state index >= 15 is 0 Å². The molecule has 0 spiro atoms. The SMILES string of the molecule is OCC[NH+](CCO)C[C@@H](O)COc1ccc(Cl)cc1Cl. The summed E-state index contributed by atoms with van der Waals surface area (Å²) in [5.74, 6) is 0.459. The first-order valence-corrected chi connectivity index (χ1v) is 7.13.